The number of nitrogens with zero attached hydrogens (tertiary/aromatic N) is 2. The molecular formula is C20H23N3O. The van der Waals surface area contributed by atoms with E-state index in [1.807, 2.05) is 56.3 Å². The summed E-state index contributed by atoms with van der Waals surface area (Å²) in [5.74, 6) is 0.233. The highest BCUT2D eigenvalue weighted by atomic mass is 16.1. The predicted octanol–water partition coefficient (Wildman–Crippen LogP) is 5.85. The Balaban J connectivity index is 1.79. The summed E-state index contributed by atoms with van der Waals surface area (Å²) < 4.78 is 0. The number of anilines is 1. The smallest absolute Gasteiger partial charge is 0.227 e. The molecular weight excluding hydrogens is 298 g/mol. The maximum absolute atomic E-state index is 12.4. The molecule has 4 nitrogen and oxygen atoms in total. The Hall–Kier alpha value is -2.49. The van der Waals surface area contributed by atoms with Gasteiger partial charge in [0.15, 0.2) is 0 Å². The van der Waals surface area contributed by atoms with Crippen LogP contribution in [0.3, 0.4) is 0 Å². The Bertz CT molecular complexity index is 744. The van der Waals surface area contributed by atoms with Crippen molar-refractivity contribution in [3.05, 3.63) is 53.6 Å². The van der Waals surface area contributed by atoms with Crippen molar-refractivity contribution < 1.29 is 4.79 Å². The lowest BCUT2D eigenvalue weighted by atomic mass is 10.1. The van der Waals surface area contributed by atoms with E-state index in [0.717, 1.165) is 42.6 Å². The summed E-state index contributed by atoms with van der Waals surface area (Å²) in [5.41, 5.74) is 4.51. The third-order valence-electron chi connectivity index (χ3n) is 4.44. The van der Waals surface area contributed by atoms with Gasteiger partial charge in [-0.2, -0.15) is 5.11 Å². The Morgan fingerprint density at radius 1 is 0.958 bits per heavy atom. The highest BCUT2D eigenvalue weighted by molar-refractivity contribution is 5.95. The zero-order valence-corrected chi connectivity index (χ0v) is 14.2. The number of carbonyl (C=O) groups is 1. The number of azo groups is 1. The number of amides is 1. The third-order valence-corrected chi connectivity index (χ3v) is 4.44. The van der Waals surface area contributed by atoms with Gasteiger partial charge in [-0.15, -0.1) is 5.11 Å². The monoisotopic (exact) mass is 321 g/mol. The summed E-state index contributed by atoms with van der Waals surface area (Å²) in [5, 5.41) is 11.7. The first-order valence-electron chi connectivity index (χ1n) is 8.52. The summed E-state index contributed by atoms with van der Waals surface area (Å²) in [6.45, 7) is 4.05. The molecule has 0 aliphatic heterocycles. The first kappa shape index (κ1) is 16.4. The van der Waals surface area contributed by atoms with Gasteiger partial charge in [-0.3, -0.25) is 4.79 Å². The van der Waals surface area contributed by atoms with Crippen LogP contribution in [0.1, 0.15) is 36.8 Å². The second-order valence-electron chi connectivity index (χ2n) is 6.53. The molecule has 1 aliphatic carbocycles. The molecule has 0 aromatic heterocycles. The summed E-state index contributed by atoms with van der Waals surface area (Å²) in [7, 11) is 0. The number of hydrogen-bond acceptors (Lipinski definition) is 3. The molecule has 0 saturated heterocycles. The SMILES string of the molecule is Cc1ccc(N=Nc2cc(C)ccc2NC(=O)C2CCCC2)cc1. The molecule has 124 valence electrons. The minimum absolute atomic E-state index is 0.100. The van der Waals surface area contributed by atoms with E-state index in [2.05, 4.69) is 15.5 Å². The van der Waals surface area contributed by atoms with E-state index in [1.54, 1.807) is 0 Å². The second kappa shape index (κ2) is 7.39. The average molecular weight is 321 g/mol. The van der Waals surface area contributed by atoms with Crippen molar-refractivity contribution in [1.82, 2.24) is 0 Å². The van der Waals surface area contributed by atoms with E-state index >= 15 is 0 Å². The van der Waals surface area contributed by atoms with Gasteiger partial charge in [0.25, 0.3) is 0 Å². The fourth-order valence-electron chi connectivity index (χ4n) is 2.98. The topological polar surface area (TPSA) is 53.8 Å². The number of nitrogens with one attached hydrogen (secondary N) is 1. The van der Waals surface area contributed by atoms with Crippen LogP contribution in [0.4, 0.5) is 17.1 Å². The molecule has 0 radical (unpaired) electrons. The number of hydrogen-bond donors (Lipinski definition) is 1. The van der Waals surface area contributed by atoms with Crippen LogP contribution in [0.15, 0.2) is 52.7 Å². The molecule has 0 bridgehead atoms. The van der Waals surface area contributed by atoms with Crippen molar-refractivity contribution in [3.8, 4) is 0 Å². The molecule has 1 N–H and O–H groups in total. The zero-order valence-electron chi connectivity index (χ0n) is 14.2. The molecule has 1 aliphatic rings. The lowest BCUT2D eigenvalue weighted by Gasteiger charge is -2.12. The fourth-order valence-corrected chi connectivity index (χ4v) is 2.98. The lowest BCUT2D eigenvalue weighted by Crippen LogP contribution is -2.20. The molecule has 0 unspecified atom stereocenters. The lowest BCUT2D eigenvalue weighted by molar-refractivity contribution is -0.119. The molecule has 1 saturated carbocycles. The summed E-state index contributed by atoms with van der Waals surface area (Å²) >= 11 is 0. The van der Waals surface area contributed by atoms with Gasteiger partial charge in [-0.05, 0) is 56.5 Å². The normalized spacial score (nSPS) is 15.1. The molecule has 1 fully saturated rings. The van der Waals surface area contributed by atoms with Crippen LogP contribution in [0.2, 0.25) is 0 Å². The van der Waals surface area contributed by atoms with E-state index in [1.165, 1.54) is 5.56 Å². The van der Waals surface area contributed by atoms with E-state index in [4.69, 9.17) is 0 Å². The van der Waals surface area contributed by atoms with Gasteiger partial charge in [0, 0.05) is 5.92 Å². The van der Waals surface area contributed by atoms with E-state index in [0.29, 0.717) is 5.69 Å². The van der Waals surface area contributed by atoms with E-state index < -0.39 is 0 Å². The van der Waals surface area contributed by atoms with Crippen LogP contribution in [0.5, 0.6) is 0 Å². The highest BCUT2D eigenvalue weighted by Gasteiger charge is 2.23. The van der Waals surface area contributed by atoms with Crippen LogP contribution in [-0.4, -0.2) is 5.91 Å². The van der Waals surface area contributed by atoms with Gasteiger partial charge in [-0.1, -0.05) is 36.6 Å². The average Bonchev–Trinajstić information content (AvgIpc) is 3.11. The summed E-state index contributed by atoms with van der Waals surface area (Å²) in [6, 6.07) is 13.7. The van der Waals surface area contributed by atoms with Crippen molar-refractivity contribution in [2.45, 2.75) is 39.5 Å². The van der Waals surface area contributed by atoms with Gasteiger partial charge in [0.1, 0.15) is 5.69 Å². The fraction of sp³-hybridized carbons (Fsp3) is 0.350. The third kappa shape index (κ3) is 4.07. The number of benzene rings is 2. The zero-order chi connectivity index (χ0) is 16.9. The van der Waals surface area contributed by atoms with Gasteiger partial charge in [0.2, 0.25) is 5.91 Å². The highest BCUT2D eigenvalue weighted by Crippen LogP contribution is 2.31. The Morgan fingerprint density at radius 3 is 2.33 bits per heavy atom. The predicted molar refractivity (Wildman–Crippen MR) is 97.1 cm³/mol. The van der Waals surface area contributed by atoms with Gasteiger partial charge in [-0.25, -0.2) is 0 Å². The first-order valence-corrected chi connectivity index (χ1v) is 8.52. The summed E-state index contributed by atoms with van der Waals surface area (Å²) in [6.07, 6.45) is 4.26. The Morgan fingerprint density at radius 2 is 1.62 bits per heavy atom. The van der Waals surface area contributed by atoms with Crippen LogP contribution < -0.4 is 5.32 Å². The standard InChI is InChI=1S/C20H23N3O/c1-14-7-10-17(11-8-14)22-23-19-13-15(2)9-12-18(19)21-20(24)16-5-3-4-6-16/h7-13,16H,3-6H2,1-2H3,(H,21,24). The minimum Gasteiger partial charge on any atom is -0.324 e. The van der Waals surface area contributed by atoms with Crippen molar-refractivity contribution in [1.29, 1.82) is 0 Å². The van der Waals surface area contributed by atoms with Crippen LogP contribution in [-0.2, 0) is 4.79 Å². The van der Waals surface area contributed by atoms with Crippen molar-refractivity contribution in [2.24, 2.45) is 16.1 Å². The number of aryl methyl sites for hydroxylation is 2. The maximum atomic E-state index is 12.4. The first-order chi connectivity index (χ1) is 11.6. The second-order valence-corrected chi connectivity index (χ2v) is 6.53. The number of rotatable bonds is 4. The van der Waals surface area contributed by atoms with Crippen molar-refractivity contribution >= 4 is 23.0 Å². The molecule has 24 heavy (non-hydrogen) atoms. The molecule has 2 aromatic rings. The summed E-state index contributed by atoms with van der Waals surface area (Å²) in [4.78, 5) is 12.4. The molecule has 2 aromatic carbocycles. The van der Waals surface area contributed by atoms with E-state index in [9.17, 15) is 4.79 Å². The molecule has 1 amide bonds. The quantitative estimate of drug-likeness (QED) is 0.706. The molecule has 0 spiro atoms. The number of carbonyl (C=O) groups excluding carboxylic acids is 1. The molecule has 0 heterocycles. The van der Waals surface area contributed by atoms with Gasteiger partial charge in [0.05, 0.1) is 11.4 Å². The van der Waals surface area contributed by atoms with Crippen molar-refractivity contribution in [3.63, 3.8) is 0 Å². The Kier molecular flexibility index (Phi) is 5.04. The van der Waals surface area contributed by atoms with E-state index in [-0.39, 0.29) is 11.8 Å². The largest absolute Gasteiger partial charge is 0.324 e. The molecule has 3 rings (SSSR count). The minimum atomic E-state index is 0.100. The van der Waals surface area contributed by atoms with Gasteiger partial charge >= 0.3 is 0 Å². The molecule has 0 atom stereocenters. The van der Waals surface area contributed by atoms with Crippen LogP contribution in [0, 0.1) is 19.8 Å². The Labute approximate surface area is 143 Å². The van der Waals surface area contributed by atoms with Gasteiger partial charge < -0.3 is 5.32 Å². The van der Waals surface area contributed by atoms with Crippen LogP contribution >= 0.6 is 0 Å². The molecule has 4 heteroatoms. The maximum Gasteiger partial charge on any atom is 0.227 e. The van der Waals surface area contributed by atoms with Crippen molar-refractivity contribution in [2.75, 3.05) is 5.32 Å². The van der Waals surface area contributed by atoms with Crippen LogP contribution in [0.25, 0.3) is 0 Å².